The summed E-state index contributed by atoms with van der Waals surface area (Å²) in [6, 6.07) is 6.85. The van der Waals surface area contributed by atoms with Gasteiger partial charge < -0.3 is 36.2 Å². The van der Waals surface area contributed by atoms with E-state index in [0.717, 1.165) is 5.69 Å². The Morgan fingerprint density at radius 2 is 1.88 bits per heavy atom. The van der Waals surface area contributed by atoms with E-state index in [2.05, 4.69) is 26.0 Å². The molecule has 0 unspecified atom stereocenters. The van der Waals surface area contributed by atoms with Gasteiger partial charge in [-0.2, -0.15) is 5.10 Å². The highest BCUT2D eigenvalue weighted by Gasteiger charge is 2.20. The van der Waals surface area contributed by atoms with E-state index in [1.54, 1.807) is 19.9 Å². The van der Waals surface area contributed by atoms with Gasteiger partial charge in [-0.15, -0.1) is 0 Å². The van der Waals surface area contributed by atoms with E-state index in [-0.39, 0.29) is 37.8 Å². The summed E-state index contributed by atoms with van der Waals surface area (Å²) >= 11 is 0. The number of nitrogens with one attached hydrogen (secondary N) is 3. The van der Waals surface area contributed by atoms with Crippen LogP contribution in [0.15, 0.2) is 55.8 Å². The summed E-state index contributed by atoms with van der Waals surface area (Å²) < 4.78 is 5.31. The van der Waals surface area contributed by atoms with E-state index in [9.17, 15) is 24.3 Å². The van der Waals surface area contributed by atoms with Crippen molar-refractivity contribution in [3.8, 4) is 0 Å². The number of hydrogen-bond donors (Lipinski definition) is 5. The lowest BCUT2D eigenvalue weighted by Crippen LogP contribution is -2.29. The van der Waals surface area contributed by atoms with Crippen molar-refractivity contribution < 1.29 is 23.9 Å². The number of carbonyl (C=O) groups excluding carboxylic acids is 3. The number of fused-ring (bicyclic) bond motifs is 1. The Morgan fingerprint density at radius 3 is 2.57 bits per heavy atom. The van der Waals surface area contributed by atoms with E-state index >= 15 is 0 Å². The first-order valence-corrected chi connectivity index (χ1v) is 13.6. The van der Waals surface area contributed by atoms with Crippen molar-refractivity contribution in [1.29, 1.82) is 0 Å². The van der Waals surface area contributed by atoms with Gasteiger partial charge in [0, 0.05) is 94.9 Å². The van der Waals surface area contributed by atoms with Crippen LogP contribution in [0, 0.1) is 5.41 Å². The second-order valence-corrected chi connectivity index (χ2v) is 10.6. The molecular weight excluding hydrogens is 542 g/mol. The molecule has 1 heterocycles. The first-order valence-electron chi connectivity index (χ1n) is 13.6. The van der Waals surface area contributed by atoms with Crippen LogP contribution in [0.25, 0.3) is 11.0 Å². The smallest absolute Gasteiger partial charge is 0.336 e. The van der Waals surface area contributed by atoms with Gasteiger partial charge in [-0.05, 0) is 29.5 Å². The van der Waals surface area contributed by atoms with Gasteiger partial charge in [-0.25, -0.2) is 4.79 Å². The van der Waals surface area contributed by atoms with Crippen LogP contribution in [-0.4, -0.2) is 75.1 Å². The molecule has 228 valence electrons. The van der Waals surface area contributed by atoms with E-state index in [4.69, 9.17) is 10.3 Å². The maximum absolute atomic E-state index is 12.5. The van der Waals surface area contributed by atoms with Crippen molar-refractivity contribution in [2.24, 2.45) is 21.4 Å². The minimum absolute atomic E-state index is 0.0474. The summed E-state index contributed by atoms with van der Waals surface area (Å²) in [6.45, 7) is 4.48. The molecule has 0 atom stereocenters. The molecule has 1 aromatic heterocycles. The zero-order valence-corrected chi connectivity index (χ0v) is 24.6. The van der Waals surface area contributed by atoms with Crippen LogP contribution in [0.1, 0.15) is 38.7 Å². The number of nitrogens with two attached hydrogens (primary N) is 1. The quantitative estimate of drug-likeness (QED) is 0.0479. The topological polar surface area (TPSA) is 192 Å². The fraction of sp³-hybridized carbons (Fsp3) is 0.448. The molecule has 0 saturated heterocycles. The first-order chi connectivity index (χ1) is 19.9. The Kier molecular flexibility index (Phi) is 13.4. The summed E-state index contributed by atoms with van der Waals surface area (Å²) in [5.41, 5.74) is 1.35. The molecule has 42 heavy (non-hydrogen) atoms. The van der Waals surface area contributed by atoms with Crippen LogP contribution in [0.4, 0.5) is 5.69 Å². The highest BCUT2D eigenvalue weighted by Crippen LogP contribution is 2.23. The molecule has 0 bridgehead atoms. The second-order valence-electron chi connectivity index (χ2n) is 10.6. The summed E-state index contributed by atoms with van der Waals surface area (Å²) in [5, 5.41) is 21.6. The number of rotatable bonds is 16. The first kappa shape index (κ1) is 33.7. The fourth-order valence-corrected chi connectivity index (χ4v) is 3.73. The third kappa shape index (κ3) is 11.9. The van der Waals surface area contributed by atoms with Gasteiger partial charge in [0.1, 0.15) is 5.58 Å². The molecule has 0 radical (unpaired) electrons. The zero-order valence-electron chi connectivity index (χ0n) is 24.6. The Labute approximate surface area is 244 Å². The number of anilines is 1. The van der Waals surface area contributed by atoms with Gasteiger partial charge in [0.15, 0.2) is 0 Å². The third-order valence-corrected chi connectivity index (χ3v) is 6.10. The highest BCUT2D eigenvalue weighted by molar-refractivity contribution is 6.30. The minimum atomic E-state index is -0.538. The largest absolute Gasteiger partial charge is 0.423 e. The molecule has 3 amide bonds. The molecule has 6 N–H and O–H groups in total. The lowest BCUT2D eigenvalue weighted by molar-refractivity contribution is -0.122. The van der Waals surface area contributed by atoms with Gasteiger partial charge in [0.25, 0.3) is 0 Å². The second kappa shape index (κ2) is 16.7. The molecular formula is C29H41N7O6. The summed E-state index contributed by atoms with van der Waals surface area (Å²) in [4.78, 5) is 54.4. The molecule has 0 spiro atoms. The average Bonchev–Trinajstić information content (AvgIpc) is 2.93. The number of aliphatic hydroxyl groups is 1. The van der Waals surface area contributed by atoms with E-state index < -0.39 is 16.9 Å². The van der Waals surface area contributed by atoms with Gasteiger partial charge >= 0.3 is 5.63 Å². The maximum Gasteiger partial charge on any atom is 0.336 e. The summed E-state index contributed by atoms with van der Waals surface area (Å²) in [5.74, 6) is 4.49. The van der Waals surface area contributed by atoms with Crippen molar-refractivity contribution in [3.05, 3.63) is 52.5 Å². The van der Waals surface area contributed by atoms with Gasteiger partial charge in [-0.1, -0.05) is 13.8 Å². The number of benzene rings is 1. The number of aliphatic imine (C=N–C) groups is 1. The molecule has 0 fully saturated rings. The molecule has 0 aliphatic rings. The number of aliphatic hydroxyl groups excluding tert-OH is 1. The Balaban J connectivity index is 1.69. The minimum Gasteiger partial charge on any atom is -0.423 e. The lowest BCUT2D eigenvalue weighted by atomic mass is 9.90. The van der Waals surface area contributed by atoms with Crippen molar-refractivity contribution in [2.45, 2.75) is 39.5 Å². The van der Waals surface area contributed by atoms with Crippen LogP contribution in [0.2, 0.25) is 0 Å². The molecule has 0 aliphatic carbocycles. The number of nitrogens with zero attached hydrogens (tertiary/aromatic N) is 3. The average molecular weight is 584 g/mol. The normalized spacial score (nSPS) is 12.2. The Morgan fingerprint density at radius 1 is 1.12 bits per heavy atom. The summed E-state index contributed by atoms with van der Waals surface area (Å²) in [6.07, 6.45) is 5.07. The van der Waals surface area contributed by atoms with Crippen LogP contribution in [0.5, 0.6) is 0 Å². The zero-order chi connectivity index (χ0) is 31.1. The van der Waals surface area contributed by atoms with Crippen LogP contribution in [-0.2, 0) is 20.8 Å². The SMILES string of the molecule is CN(C)c1ccc2c(CC(=O)NCCCN=CC(CCNC(=O)/C=C/NC(=O)CC(C)(C)CO)=NN)cc(=O)oc2c1. The molecule has 13 heteroatoms. The van der Waals surface area contributed by atoms with Gasteiger partial charge in [0.2, 0.25) is 17.7 Å². The predicted molar refractivity (Wildman–Crippen MR) is 164 cm³/mol. The van der Waals surface area contributed by atoms with Crippen LogP contribution in [0.3, 0.4) is 0 Å². The van der Waals surface area contributed by atoms with Crippen LogP contribution < -0.4 is 32.3 Å². The van der Waals surface area contributed by atoms with E-state index in [1.165, 1.54) is 24.6 Å². The van der Waals surface area contributed by atoms with Crippen molar-refractivity contribution in [3.63, 3.8) is 0 Å². The predicted octanol–water partition coefficient (Wildman–Crippen LogP) is 0.838. The monoisotopic (exact) mass is 583 g/mol. The lowest BCUT2D eigenvalue weighted by Gasteiger charge is -2.19. The van der Waals surface area contributed by atoms with E-state index in [1.807, 2.05) is 31.1 Å². The van der Waals surface area contributed by atoms with Crippen molar-refractivity contribution in [1.82, 2.24) is 16.0 Å². The molecule has 2 rings (SSSR count). The number of amides is 3. The highest BCUT2D eigenvalue weighted by atomic mass is 16.4. The third-order valence-electron chi connectivity index (χ3n) is 6.10. The standard InChI is InChI=1S/C29H41N7O6/c1-29(2,19-37)17-27(40)34-13-9-25(38)33-12-8-21(35-30)18-31-10-5-11-32-26(39)14-20-15-28(41)42-24-16-22(36(3)4)6-7-23(20)24/h6-7,9,13,15-16,18,37H,5,8,10-12,14,17,19,30H2,1-4H3,(H,32,39)(H,33,38)(H,34,40)/b13-9+,31-18?,35-21?. The molecule has 2 aromatic rings. The molecule has 0 saturated carbocycles. The number of hydrogen-bond acceptors (Lipinski definition) is 10. The van der Waals surface area contributed by atoms with E-state index in [0.29, 0.717) is 48.2 Å². The molecule has 13 nitrogen and oxygen atoms in total. The fourth-order valence-electron chi connectivity index (χ4n) is 3.73. The van der Waals surface area contributed by atoms with Gasteiger partial charge in [-0.3, -0.25) is 19.4 Å². The Hall–Kier alpha value is -4.52. The number of hydrazone groups is 1. The van der Waals surface area contributed by atoms with Gasteiger partial charge in [0.05, 0.1) is 12.1 Å². The summed E-state index contributed by atoms with van der Waals surface area (Å²) in [7, 11) is 3.78. The van der Waals surface area contributed by atoms with Crippen LogP contribution >= 0.6 is 0 Å². The maximum atomic E-state index is 12.5. The molecule has 1 aromatic carbocycles. The number of carbonyl (C=O) groups is 3. The Bertz CT molecular complexity index is 1380. The molecule has 0 aliphatic heterocycles. The van der Waals surface area contributed by atoms with Crippen molar-refractivity contribution >= 4 is 46.3 Å². The van der Waals surface area contributed by atoms with Crippen molar-refractivity contribution in [2.75, 3.05) is 45.2 Å².